The highest BCUT2D eigenvalue weighted by Gasteiger charge is 2.07. The lowest BCUT2D eigenvalue weighted by Gasteiger charge is -2.02. The van der Waals surface area contributed by atoms with Crippen LogP contribution >= 0.6 is 0 Å². The van der Waals surface area contributed by atoms with Gasteiger partial charge in [-0.3, -0.25) is 5.41 Å². The summed E-state index contributed by atoms with van der Waals surface area (Å²) in [4.78, 5) is 20.8. The number of carbonyl (C=O) groups is 2. The van der Waals surface area contributed by atoms with Crippen molar-refractivity contribution in [1.29, 1.82) is 5.41 Å². The lowest BCUT2D eigenvalue weighted by Crippen LogP contribution is -2.20. The molecule has 0 aliphatic heterocycles. The zero-order valence-electron chi connectivity index (χ0n) is 12.4. The van der Waals surface area contributed by atoms with Gasteiger partial charge in [0.05, 0.1) is 5.56 Å². The molecule has 9 N–H and O–H groups in total. The summed E-state index contributed by atoms with van der Waals surface area (Å²) in [7, 11) is 0. The van der Waals surface area contributed by atoms with Crippen molar-refractivity contribution in [2.45, 2.75) is 0 Å². The van der Waals surface area contributed by atoms with Gasteiger partial charge in [-0.1, -0.05) is 0 Å². The highest BCUT2D eigenvalue weighted by Crippen LogP contribution is 2.19. The lowest BCUT2D eigenvalue weighted by atomic mass is 10.2. The van der Waals surface area contributed by atoms with Crippen LogP contribution in [0.3, 0.4) is 0 Å². The molecular weight excluding hydrogens is 316 g/mol. The number of nitrogen functional groups attached to an aromatic ring is 1. The van der Waals surface area contributed by atoms with Crippen LogP contribution < -0.4 is 16.8 Å². The molecule has 0 fully saturated rings. The zero-order chi connectivity index (χ0) is 18.3. The van der Waals surface area contributed by atoms with Crippen LogP contribution in [0.1, 0.15) is 20.7 Å². The third-order valence-electron chi connectivity index (χ3n) is 2.66. The fourth-order valence-corrected chi connectivity index (χ4v) is 1.58. The van der Waals surface area contributed by atoms with Gasteiger partial charge in [0.15, 0.2) is 5.96 Å². The molecule has 9 nitrogen and oxygen atoms in total. The Hall–Kier alpha value is -3.75. The molecule has 0 aromatic heterocycles. The highest BCUT2D eigenvalue weighted by molar-refractivity contribution is 5.92. The molecule has 24 heavy (non-hydrogen) atoms. The first kappa shape index (κ1) is 18.3. The number of nitrogens with one attached hydrogen (secondary N) is 2. The molecule has 0 saturated heterocycles. The van der Waals surface area contributed by atoms with Crippen molar-refractivity contribution in [3.8, 4) is 5.75 Å². The minimum absolute atomic E-state index is 0.140. The van der Waals surface area contributed by atoms with Crippen LogP contribution in [0.2, 0.25) is 0 Å². The second-order valence-electron chi connectivity index (χ2n) is 4.50. The topological polar surface area (TPSA) is 183 Å². The molecule has 0 unspecified atom stereocenters. The van der Waals surface area contributed by atoms with Gasteiger partial charge in [-0.25, -0.2) is 9.59 Å². The number of nitrogens with two attached hydrogens (primary N) is 2. The lowest BCUT2D eigenvalue weighted by molar-refractivity contribution is 0.0684. The Balaban J connectivity index is 0.000000243. The molecule has 2 aromatic carbocycles. The van der Waals surface area contributed by atoms with Crippen molar-refractivity contribution < 1.29 is 24.9 Å². The summed E-state index contributed by atoms with van der Waals surface area (Å²) in [5.41, 5.74) is 11.4. The zero-order valence-corrected chi connectivity index (χ0v) is 12.4. The van der Waals surface area contributed by atoms with E-state index in [4.69, 9.17) is 32.2 Å². The van der Waals surface area contributed by atoms with E-state index in [0.29, 0.717) is 11.4 Å². The third-order valence-corrected chi connectivity index (χ3v) is 2.66. The predicted octanol–water partition coefficient (Wildman–Crippen LogP) is 1.36. The number of benzene rings is 2. The summed E-state index contributed by atoms with van der Waals surface area (Å²) in [6.07, 6.45) is 0. The van der Waals surface area contributed by atoms with Gasteiger partial charge in [-0.2, -0.15) is 0 Å². The summed E-state index contributed by atoms with van der Waals surface area (Å²) in [6.45, 7) is 0. The number of guanidine groups is 1. The van der Waals surface area contributed by atoms with Crippen LogP contribution in [0.5, 0.6) is 5.75 Å². The van der Waals surface area contributed by atoms with Gasteiger partial charge in [0.25, 0.3) is 0 Å². The quantitative estimate of drug-likeness (QED) is 0.249. The average molecular weight is 332 g/mol. The summed E-state index contributed by atoms with van der Waals surface area (Å²) >= 11 is 0. The molecular formula is C15H16N4O5. The van der Waals surface area contributed by atoms with Crippen LogP contribution in [0.4, 0.5) is 11.4 Å². The first-order valence-corrected chi connectivity index (χ1v) is 6.47. The van der Waals surface area contributed by atoms with Crippen LogP contribution in [-0.4, -0.2) is 33.2 Å². The fourth-order valence-electron chi connectivity index (χ4n) is 1.58. The van der Waals surface area contributed by atoms with Crippen molar-refractivity contribution in [3.63, 3.8) is 0 Å². The standard InChI is InChI=1S/C8H9N3O2.C7H7NO3/c9-8(10)11-6-3-1-5(2-4-6)7(12)13;8-4-1-2-5(7(10)11)6(9)3-4/h1-4H,(H,12,13)(H4,9,10,11);1-3,9H,8H2,(H,10,11). The number of phenols is 1. The van der Waals surface area contributed by atoms with Crippen LogP contribution in [-0.2, 0) is 0 Å². The Kier molecular flexibility index (Phi) is 6.13. The van der Waals surface area contributed by atoms with E-state index in [2.05, 4.69) is 5.32 Å². The Morgan fingerprint density at radius 3 is 2.00 bits per heavy atom. The van der Waals surface area contributed by atoms with E-state index in [-0.39, 0.29) is 22.8 Å². The van der Waals surface area contributed by atoms with Gasteiger partial charge < -0.3 is 32.1 Å². The molecule has 0 atom stereocenters. The largest absolute Gasteiger partial charge is 0.507 e. The molecule has 2 rings (SSSR count). The number of anilines is 2. The maximum Gasteiger partial charge on any atom is 0.339 e. The van der Waals surface area contributed by atoms with Crippen LogP contribution in [0.25, 0.3) is 0 Å². The smallest absolute Gasteiger partial charge is 0.339 e. The molecule has 0 amide bonds. The monoisotopic (exact) mass is 332 g/mol. The van der Waals surface area contributed by atoms with Crippen LogP contribution in [0, 0.1) is 5.41 Å². The third kappa shape index (κ3) is 5.56. The number of hydrogen-bond donors (Lipinski definition) is 7. The van der Waals surface area contributed by atoms with E-state index < -0.39 is 11.9 Å². The number of hydrogen-bond acceptors (Lipinski definition) is 5. The Bertz CT molecular complexity index is 759. The molecule has 0 aliphatic carbocycles. The number of carboxylic acids is 2. The van der Waals surface area contributed by atoms with Crippen molar-refractivity contribution >= 4 is 29.3 Å². The van der Waals surface area contributed by atoms with E-state index >= 15 is 0 Å². The number of aromatic carboxylic acids is 2. The second kappa shape index (κ2) is 8.03. The van der Waals surface area contributed by atoms with Gasteiger partial charge in [-0.15, -0.1) is 0 Å². The molecule has 0 saturated carbocycles. The van der Waals surface area contributed by atoms with Crippen LogP contribution in [0.15, 0.2) is 42.5 Å². The van der Waals surface area contributed by atoms with E-state index in [1.165, 1.54) is 30.3 Å². The molecule has 0 aliphatic rings. The van der Waals surface area contributed by atoms with E-state index in [1.54, 1.807) is 12.1 Å². The van der Waals surface area contributed by atoms with Gasteiger partial charge in [0.1, 0.15) is 11.3 Å². The Labute approximate surface area is 136 Å². The normalized spacial score (nSPS) is 9.33. The molecule has 9 heteroatoms. The Morgan fingerprint density at radius 1 is 1.00 bits per heavy atom. The van der Waals surface area contributed by atoms with Crippen molar-refractivity contribution in [1.82, 2.24) is 0 Å². The van der Waals surface area contributed by atoms with Crippen molar-refractivity contribution in [2.75, 3.05) is 11.1 Å². The van der Waals surface area contributed by atoms with Gasteiger partial charge in [0, 0.05) is 17.4 Å². The second-order valence-corrected chi connectivity index (χ2v) is 4.50. The highest BCUT2D eigenvalue weighted by atomic mass is 16.4. The van der Waals surface area contributed by atoms with Gasteiger partial charge >= 0.3 is 11.9 Å². The first-order valence-electron chi connectivity index (χ1n) is 6.47. The number of carboxylic acid groups (broad SMARTS) is 2. The number of aromatic hydroxyl groups is 1. The van der Waals surface area contributed by atoms with E-state index in [0.717, 1.165) is 0 Å². The SMILES string of the molecule is N=C(N)Nc1ccc(C(=O)O)cc1.Nc1ccc(C(=O)O)c(O)c1. The molecule has 0 heterocycles. The first-order chi connectivity index (χ1) is 11.2. The minimum Gasteiger partial charge on any atom is -0.507 e. The summed E-state index contributed by atoms with van der Waals surface area (Å²) in [5.74, 6) is -2.63. The Morgan fingerprint density at radius 2 is 1.58 bits per heavy atom. The number of rotatable bonds is 3. The van der Waals surface area contributed by atoms with E-state index in [9.17, 15) is 9.59 Å². The summed E-state index contributed by atoms with van der Waals surface area (Å²) in [5, 5.41) is 35.5. The minimum atomic E-state index is -1.16. The van der Waals surface area contributed by atoms with E-state index in [1.807, 2.05) is 0 Å². The maximum absolute atomic E-state index is 10.4. The maximum atomic E-state index is 10.4. The fraction of sp³-hybridized carbons (Fsp3) is 0. The molecule has 126 valence electrons. The summed E-state index contributed by atoms with van der Waals surface area (Å²) < 4.78 is 0. The predicted molar refractivity (Wildman–Crippen MR) is 88.4 cm³/mol. The summed E-state index contributed by atoms with van der Waals surface area (Å²) in [6, 6.07) is 9.84. The molecule has 0 bridgehead atoms. The molecule has 2 aromatic rings. The molecule has 0 radical (unpaired) electrons. The average Bonchev–Trinajstić information content (AvgIpc) is 2.47. The van der Waals surface area contributed by atoms with Crippen molar-refractivity contribution in [2.24, 2.45) is 5.73 Å². The van der Waals surface area contributed by atoms with Gasteiger partial charge in [-0.05, 0) is 36.4 Å². The molecule has 0 spiro atoms. The van der Waals surface area contributed by atoms with Gasteiger partial charge in [0.2, 0.25) is 0 Å². The van der Waals surface area contributed by atoms with Crippen molar-refractivity contribution in [3.05, 3.63) is 53.6 Å².